The average molecular weight is 423 g/mol. The lowest BCUT2D eigenvalue weighted by Crippen LogP contribution is -2.49. The molecule has 6 nitrogen and oxygen atoms in total. The van der Waals surface area contributed by atoms with E-state index < -0.39 is 0 Å². The van der Waals surface area contributed by atoms with Crippen LogP contribution < -0.4 is 9.64 Å². The first-order chi connectivity index (χ1) is 14.6. The topological polar surface area (TPSA) is 61.5 Å². The van der Waals surface area contributed by atoms with Gasteiger partial charge in [-0.15, -0.1) is 0 Å². The Morgan fingerprint density at radius 3 is 2.70 bits per heavy atom. The molecule has 7 heteroatoms. The molecular weight excluding hydrogens is 400 g/mol. The fraction of sp³-hybridized carbons (Fsp3) is 0.304. The molecule has 1 aliphatic carbocycles. The normalized spacial score (nSPS) is 15.5. The van der Waals surface area contributed by atoms with Crippen molar-refractivity contribution in [1.29, 1.82) is 0 Å². The predicted molar refractivity (Wildman–Crippen MR) is 118 cm³/mol. The minimum Gasteiger partial charge on any atom is -0.497 e. The molecule has 3 aromatic rings. The number of fused-ring (bicyclic) bond motifs is 3. The van der Waals surface area contributed by atoms with E-state index in [2.05, 4.69) is 27.2 Å². The van der Waals surface area contributed by atoms with Crippen LogP contribution in [-0.2, 0) is 12.8 Å². The smallest absolute Gasteiger partial charge is 0.272 e. The van der Waals surface area contributed by atoms with Crippen molar-refractivity contribution < 1.29 is 9.53 Å². The van der Waals surface area contributed by atoms with Gasteiger partial charge in [-0.2, -0.15) is 5.10 Å². The molecule has 5 rings (SSSR count). The quantitative estimate of drug-likeness (QED) is 0.697. The maximum atomic E-state index is 13.2. The van der Waals surface area contributed by atoms with Gasteiger partial charge in [-0.1, -0.05) is 17.7 Å². The maximum Gasteiger partial charge on any atom is 0.272 e. The van der Waals surface area contributed by atoms with Crippen molar-refractivity contribution in [2.75, 3.05) is 38.2 Å². The number of ether oxygens (including phenoxy) is 1. The third-order valence-corrected chi connectivity index (χ3v) is 6.27. The van der Waals surface area contributed by atoms with Crippen LogP contribution in [0.1, 0.15) is 21.6 Å². The lowest BCUT2D eigenvalue weighted by Gasteiger charge is -2.36. The summed E-state index contributed by atoms with van der Waals surface area (Å²) < 4.78 is 5.34. The largest absolute Gasteiger partial charge is 0.497 e. The van der Waals surface area contributed by atoms with Crippen LogP contribution in [0.5, 0.6) is 5.75 Å². The summed E-state index contributed by atoms with van der Waals surface area (Å²) >= 11 is 6.12. The predicted octanol–water partition coefficient (Wildman–Crippen LogP) is 3.80. The fourth-order valence-electron chi connectivity index (χ4n) is 4.40. The Kier molecular flexibility index (Phi) is 4.87. The van der Waals surface area contributed by atoms with Crippen molar-refractivity contribution in [2.45, 2.75) is 12.8 Å². The number of carbonyl (C=O) groups excluding carboxylic acids is 1. The highest BCUT2D eigenvalue weighted by Gasteiger charge is 2.29. The first-order valence-corrected chi connectivity index (χ1v) is 10.6. The lowest BCUT2D eigenvalue weighted by atomic mass is 9.88. The van der Waals surface area contributed by atoms with Gasteiger partial charge in [-0.3, -0.25) is 9.89 Å². The molecule has 2 heterocycles. The van der Waals surface area contributed by atoms with Gasteiger partial charge in [0, 0.05) is 48.0 Å². The molecule has 1 amide bonds. The fourth-order valence-corrected chi connectivity index (χ4v) is 4.59. The standard InChI is InChI=1S/C23H23ClN4O2/c1-30-18-6-8-19-15(13-18)5-7-20-21(19)25-26-22(20)23(29)28-11-9-27(10-12-28)17-4-2-3-16(24)14-17/h2-4,6,8,13-14H,5,7,9-12H2,1H3,(H,25,26). The molecule has 0 spiro atoms. The first-order valence-electron chi connectivity index (χ1n) is 10.2. The number of hydrogen-bond donors (Lipinski definition) is 1. The highest BCUT2D eigenvalue weighted by atomic mass is 35.5. The van der Waals surface area contributed by atoms with E-state index >= 15 is 0 Å². The summed E-state index contributed by atoms with van der Waals surface area (Å²) in [5.41, 5.74) is 5.93. The molecule has 2 aromatic carbocycles. The zero-order valence-electron chi connectivity index (χ0n) is 16.8. The monoisotopic (exact) mass is 422 g/mol. The van der Waals surface area contributed by atoms with E-state index in [1.165, 1.54) is 5.56 Å². The molecule has 1 aromatic heterocycles. The second-order valence-corrected chi connectivity index (χ2v) is 8.14. The van der Waals surface area contributed by atoms with E-state index in [4.69, 9.17) is 16.3 Å². The maximum absolute atomic E-state index is 13.2. The number of carbonyl (C=O) groups is 1. The van der Waals surface area contributed by atoms with E-state index in [-0.39, 0.29) is 5.91 Å². The van der Waals surface area contributed by atoms with E-state index in [1.54, 1.807) is 7.11 Å². The zero-order valence-corrected chi connectivity index (χ0v) is 17.6. The highest BCUT2D eigenvalue weighted by molar-refractivity contribution is 6.30. The van der Waals surface area contributed by atoms with Crippen molar-refractivity contribution in [3.63, 3.8) is 0 Å². The number of anilines is 1. The number of halogens is 1. The summed E-state index contributed by atoms with van der Waals surface area (Å²) in [4.78, 5) is 17.4. The molecule has 1 aliphatic heterocycles. The van der Waals surface area contributed by atoms with Gasteiger partial charge in [0.1, 0.15) is 11.4 Å². The molecule has 0 atom stereocenters. The average Bonchev–Trinajstić information content (AvgIpc) is 3.23. The molecule has 1 saturated heterocycles. The van der Waals surface area contributed by atoms with Crippen LogP contribution in [-0.4, -0.2) is 54.3 Å². The SMILES string of the molecule is COc1ccc2c(c1)CCc1c-2n[nH]c1C(=O)N1CCN(c2cccc(Cl)c2)CC1. The number of hydrogen-bond acceptors (Lipinski definition) is 4. The summed E-state index contributed by atoms with van der Waals surface area (Å²) in [6.07, 6.45) is 1.68. The van der Waals surface area contributed by atoms with Crippen molar-refractivity contribution in [1.82, 2.24) is 15.1 Å². The van der Waals surface area contributed by atoms with Gasteiger partial charge in [-0.05, 0) is 54.8 Å². The number of rotatable bonds is 3. The van der Waals surface area contributed by atoms with E-state index in [9.17, 15) is 4.79 Å². The third kappa shape index (κ3) is 3.31. The number of H-pyrrole nitrogens is 1. The number of aromatic amines is 1. The molecule has 30 heavy (non-hydrogen) atoms. The second-order valence-electron chi connectivity index (χ2n) is 7.71. The molecular formula is C23H23ClN4O2. The van der Waals surface area contributed by atoms with Gasteiger partial charge < -0.3 is 14.5 Å². The Morgan fingerprint density at radius 1 is 1.10 bits per heavy atom. The summed E-state index contributed by atoms with van der Waals surface area (Å²) in [5, 5.41) is 8.26. The lowest BCUT2D eigenvalue weighted by molar-refractivity contribution is 0.0739. The van der Waals surface area contributed by atoms with Crippen molar-refractivity contribution >= 4 is 23.2 Å². The van der Waals surface area contributed by atoms with Crippen molar-refractivity contribution in [3.8, 4) is 17.0 Å². The van der Waals surface area contributed by atoms with E-state index in [1.807, 2.05) is 35.2 Å². The summed E-state index contributed by atoms with van der Waals surface area (Å²) in [6, 6.07) is 13.9. The molecule has 1 N–H and O–H groups in total. The van der Waals surface area contributed by atoms with Gasteiger partial charge in [-0.25, -0.2) is 0 Å². The van der Waals surface area contributed by atoms with Crippen LogP contribution in [0, 0.1) is 0 Å². The Balaban J connectivity index is 1.33. The summed E-state index contributed by atoms with van der Waals surface area (Å²) in [5.74, 6) is 0.882. The van der Waals surface area contributed by atoms with Crippen molar-refractivity contribution in [3.05, 3.63) is 64.3 Å². The number of nitrogens with one attached hydrogen (secondary N) is 1. The molecule has 154 valence electrons. The molecule has 2 aliphatic rings. The number of methoxy groups -OCH3 is 1. The Labute approximate surface area is 180 Å². The number of piperazine rings is 1. The van der Waals surface area contributed by atoms with Crippen molar-refractivity contribution in [2.24, 2.45) is 0 Å². The molecule has 0 unspecified atom stereocenters. The molecule has 0 saturated carbocycles. The van der Waals surface area contributed by atoms with Gasteiger partial charge in [0.05, 0.1) is 12.8 Å². The first kappa shape index (κ1) is 19.0. The number of nitrogens with zero attached hydrogens (tertiary/aromatic N) is 3. The van der Waals surface area contributed by atoms with Crippen LogP contribution in [0.2, 0.25) is 5.02 Å². The summed E-state index contributed by atoms with van der Waals surface area (Å²) in [6.45, 7) is 2.91. The number of amides is 1. The van der Waals surface area contributed by atoms with Gasteiger partial charge >= 0.3 is 0 Å². The van der Waals surface area contributed by atoms with Crippen LogP contribution in [0.4, 0.5) is 5.69 Å². The van der Waals surface area contributed by atoms with E-state index in [0.29, 0.717) is 18.8 Å². The Bertz CT molecular complexity index is 1100. The minimum atomic E-state index is 0.0338. The van der Waals surface area contributed by atoms with Gasteiger partial charge in [0.2, 0.25) is 0 Å². The third-order valence-electron chi connectivity index (χ3n) is 6.03. The number of benzene rings is 2. The second kappa shape index (κ2) is 7.69. The van der Waals surface area contributed by atoms with Crippen LogP contribution >= 0.6 is 11.6 Å². The molecule has 0 bridgehead atoms. The van der Waals surface area contributed by atoms with Gasteiger partial charge in [0.25, 0.3) is 5.91 Å². The van der Waals surface area contributed by atoms with Crippen LogP contribution in [0.25, 0.3) is 11.3 Å². The molecule has 0 radical (unpaired) electrons. The van der Waals surface area contributed by atoms with Crippen LogP contribution in [0.15, 0.2) is 42.5 Å². The molecule has 1 fully saturated rings. The number of aromatic nitrogens is 2. The van der Waals surface area contributed by atoms with Gasteiger partial charge in [0.15, 0.2) is 0 Å². The zero-order chi connectivity index (χ0) is 20.7. The highest BCUT2D eigenvalue weighted by Crippen LogP contribution is 2.36. The minimum absolute atomic E-state index is 0.0338. The summed E-state index contributed by atoms with van der Waals surface area (Å²) in [7, 11) is 1.67. The Hall–Kier alpha value is -2.99. The van der Waals surface area contributed by atoms with E-state index in [0.717, 1.165) is 59.2 Å². The Morgan fingerprint density at radius 2 is 1.93 bits per heavy atom. The van der Waals surface area contributed by atoms with Crippen LogP contribution in [0.3, 0.4) is 0 Å². The number of aryl methyl sites for hydroxylation is 1.